The van der Waals surface area contributed by atoms with E-state index in [9.17, 15) is 9.59 Å². The number of carbonyl (C=O) groups is 2. The van der Waals surface area contributed by atoms with Crippen LogP contribution in [0.2, 0.25) is 18.1 Å². The fraction of sp³-hybridized carbons (Fsp3) is 0.524. The van der Waals surface area contributed by atoms with Gasteiger partial charge in [0.1, 0.15) is 0 Å². The topological polar surface area (TPSA) is 55.8 Å². The van der Waals surface area contributed by atoms with Gasteiger partial charge in [0.15, 0.2) is 19.7 Å². The van der Waals surface area contributed by atoms with E-state index in [4.69, 9.17) is 9.16 Å². The third-order valence-electron chi connectivity index (χ3n) is 6.09. The van der Waals surface area contributed by atoms with Gasteiger partial charge >= 0.3 is 6.09 Å². The van der Waals surface area contributed by atoms with Crippen molar-refractivity contribution >= 4 is 25.9 Å². The molecule has 1 saturated heterocycles. The van der Waals surface area contributed by atoms with Crippen molar-refractivity contribution in [1.29, 1.82) is 0 Å². The summed E-state index contributed by atoms with van der Waals surface area (Å²) in [4.78, 5) is 26.4. The average molecular weight is 388 g/mol. The van der Waals surface area contributed by atoms with Gasteiger partial charge in [0.25, 0.3) is 0 Å². The Hall–Kier alpha value is -1.92. The Morgan fingerprint density at radius 2 is 1.89 bits per heavy atom. The molecule has 2 atom stereocenters. The number of nitrogens with zero attached hydrogens (tertiary/aromatic N) is 1. The number of amides is 1. The number of para-hydroxylation sites is 1. The molecule has 0 spiro atoms. The van der Waals surface area contributed by atoms with Gasteiger partial charge in [0, 0.05) is 25.1 Å². The standard InChI is InChI=1S/C21H29NO4Si/c1-20(2,3)27(4,5)25-14-13-21-12-11-17(23)15-18(21)22(19(24)26-21)16-9-7-6-8-10-16/h6-12,18H,13-15H2,1-5H3/t18-,21-/m0/s1. The summed E-state index contributed by atoms with van der Waals surface area (Å²) in [6.45, 7) is 11.5. The first kappa shape index (κ1) is 19.8. The van der Waals surface area contributed by atoms with Gasteiger partial charge in [-0.3, -0.25) is 9.69 Å². The van der Waals surface area contributed by atoms with Crippen LogP contribution in [0.1, 0.15) is 33.6 Å². The number of ketones is 1. The second-order valence-electron chi connectivity index (χ2n) is 8.91. The molecular formula is C21H29NO4Si. The van der Waals surface area contributed by atoms with Gasteiger partial charge in [-0.1, -0.05) is 39.0 Å². The molecule has 3 rings (SSSR count). The van der Waals surface area contributed by atoms with Crippen LogP contribution in [0.4, 0.5) is 10.5 Å². The molecule has 1 fully saturated rings. The minimum atomic E-state index is -1.89. The Morgan fingerprint density at radius 3 is 2.52 bits per heavy atom. The molecule has 0 bridgehead atoms. The normalized spacial score (nSPS) is 25.5. The highest BCUT2D eigenvalue weighted by Gasteiger charge is 2.55. The minimum absolute atomic E-state index is 0.0140. The van der Waals surface area contributed by atoms with Crippen LogP contribution in [0.15, 0.2) is 42.5 Å². The molecule has 1 amide bonds. The van der Waals surface area contributed by atoms with Crippen molar-refractivity contribution in [3.05, 3.63) is 42.5 Å². The van der Waals surface area contributed by atoms with Crippen LogP contribution in [-0.2, 0) is 14.0 Å². The third kappa shape index (κ3) is 3.73. The molecule has 0 unspecified atom stereocenters. The van der Waals surface area contributed by atoms with Crippen LogP contribution in [0, 0.1) is 0 Å². The fourth-order valence-corrected chi connectivity index (χ4v) is 4.43. The number of anilines is 1. The van der Waals surface area contributed by atoms with Crippen molar-refractivity contribution in [1.82, 2.24) is 0 Å². The highest BCUT2D eigenvalue weighted by atomic mass is 28.4. The summed E-state index contributed by atoms with van der Waals surface area (Å²) < 4.78 is 12.2. The van der Waals surface area contributed by atoms with Crippen LogP contribution >= 0.6 is 0 Å². The van der Waals surface area contributed by atoms with E-state index in [1.54, 1.807) is 17.1 Å². The third-order valence-corrected chi connectivity index (χ3v) is 10.6. The van der Waals surface area contributed by atoms with E-state index in [2.05, 4.69) is 33.9 Å². The Morgan fingerprint density at radius 1 is 1.22 bits per heavy atom. The lowest BCUT2D eigenvalue weighted by molar-refractivity contribution is -0.116. The fourth-order valence-electron chi connectivity index (χ4n) is 3.38. The van der Waals surface area contributed by atoms with Gasteiger partial charge < -0.3 is 9.16 Å². The lowest BCUT2D eigenvalue weighted by Gasteiger charge is -2.38. The number of fused-ring (bicyclic) bond motifs is 1. The second-order valence-corrected chi connectivity index (χ2v) is 13.7. The maximum atomic E-state index is 12.7. The molecule has 1 aromatic rings. The smallest absolute Gasteiger partial charge is 0.415 e. The summed E-state index contributed by atoms with van der Waals surface area (Å²) in [5.41, 5.74) is -0.0637. The first-order valence-electron chi connectivity index (χ1n) is 9.49. The number of rotatable bonds is 5. The molecule has 0 N–H and O–H groups in total. The van der Waals surface area contributed by atoms with Gasteiger partial charge in [-0.25, -0.2) is 4.79 Å². The SMILES string of the molecule is CC(C)(C)[Si](C)(C)OCC[C@@]12C=CC(=O)C[C@@H]1N(c1ccccc1)C(=O)O2. The van der Waals surface area contributed by atoms with E-state index in [1.165, 1.54) is 0 Å². The summed E-state index contributed by atoms with van der Waals surface area (Å²) in [5, 5.41) is 0.116. The first-order chi connectivity index (χ1) is 12.6. The molecular weight excluding hydrogens is 358 g/mol. The highest BCUT2D eigenvalue weighted by Crippen LogP contribution is 2.42. The van der Waals surface area contributed by atoms with Crippen LogP contribution in [0.3, 0.4) is 0 Å². The minimum Gasteiger partial charge on any atom is -0.436 e. The summed E-state index contributed by atoms with van der Waals surface area (Å²) in [6.07, 6.45) is 3.71. The number of ether oxygens (including phenoxy) is 1. The zero-order valence-corrected chi connectivity index (χ0v) is 17.8. The Labute approximate surface area is 162 Å². The zero-order valence-electron chi connectivity index (χ0n) is 16.8. The van der Waals surface area contributed by atoms with Crippen molar-refractivity contribution in [3.8, 4) is 0 Å². The number of hydrogen-bond donors (Lipinski definition) is 0. The maximum Gasteiger partial charge on any atom is 0.415 e. The van der Waals surface area contributed by atoms with Gasteiger partial charge in [0.2, 0.25) is 0 Å². The first-order valence-corrected chi connectivity index (χ1v) is 12.4. The largest absolute Gasteiger partial charge is 0.436 e. The number of hydrogen-bond acceptors (Lipinski definition) is 4. The number of allylic oxidation sites excluding steroid dienone is 1. The van der Waals surface area contributed by atoms with Gasteiger partial charge in [-0.15, -0.1) is 0 Å². The quantitative estimate of drug-likeness (QED) is 0.688. The molecule has 0 aromatic heterocycles. The average Bonchev–Trinajstić information content (AvgIpc) is 2.86. The monoisotopic (exact) mass is 387 g/mol. The summed E-state index contributed by atoms with van der Waals surface area (Å²) in [6, 6.07) is 9.05. The van der Waals surface area contributed by atoms with E-state index >= 15 is 0 Å². The molecule has 1 aliphatic carbocycles. The lowest BCUT2D eigenvalue weighted by atomic mass is 9.82. The maximum absolute atomic E-state index is 12.7. The van der Waals surface area contributed by atoms with Crippen molar-refractivity contribution < 1.29 is 18.8 Å². The Balaban J connectivity index is 1.83. The Kier molecular flexibility index (Phi) is 5.07. The van der Waals surface area contributed by atoms with Crippen LogP contribution in [0.25, 0.3) is 0 Å². The van der Waals surface area contributed by atoms with Gasteiger partial charge in [-0.05, 0) is 42.4 Å². The van der Waals surface area contributed by atoms with E-state index < -0.39 is 20.0 Å². The van der Waals surface area contributed by atoms with Crippen LogP contribution < -0.4 is 4.90 Å². The van der Waals surface area contributed by atoms with Crippen molar-refractivity contribution in [2.45, 2.75) is 63.4 Å². The molecule has 1 heterocycles. The molecule has 5 nitrogen and oxygen atoms in total. The van der Waals surface area contributed by atoms with Gasteiger partial charge in [-0.2, -0.15) is 0 Å². The predicted octanol–water partition coefficient (Wildman–Crippen LogP) is 4.69. The molecule has 1 aromatic carbocycles. The van der Waals surface area contributed by atoms with Crippen molar-refractivity contribution in [2.75, 3.05) is 11.5 Å². The molecule has 146 valence electrons. The highest BCUT2D eigenvalue weighted by molar-refractivity contribution is 6.74. The second kappa shape index (κ2) is 6.91. The van der Waals surface area contributed by atoms with Crippen molar-refractivity contribution in [3.63, 3.8) is 0 Å². The number of carbonyl (C=O) groups excluding carboxylic acids is 2. The van der Waals surface area contributed by atoms with Gasteiger partial charge in [0.05, 0.1) is 6.04 Å². The molecule has 27 heavy (non-hydrogen) atoms. The molecule has 6 heteroatoms. The van der Waals surface area contributed by atoms with Crippen molar-refractivity contribution in [2.24, 2.45) is 0 Å². The van der Waals surface area contributed by atoms with Crippen LogP contribution in [0.5, 0.6) is 0 Å². The summed E-state index contributed by atoms with van der Waals surface area (Å²) >= 11 is 0. The Bertz CT molecular complexity index is 753. The van der Waals surface area contributed by atoms with E-state index in [-0.39, 0.29) is 23.3 Å². The predicted molar refractivity (Wildman–Crippen MR) is 108 cm³/mol. The van der Waals surface area contributed by atoms with E-state index in [1.807, 2.05) is 30.3 Å². The molecule has 0 radical (unpaired) electrons. The van der Waals surface area contributed by atoms with Crippen LogP contribution in [-0.4, -0.2) is 38.4 Å². The lowest BCUT2D eigenvalue weighted by Crippen LogP contribution is -2.49. The molecule has 0 saturated carbocycles. The summed E-state index contributed by atoms with van der Waals surface area (Å²) in [5.74, 6) is 0.0140. The molecule has 2 aliphatic rings. The molecule has 1 aliphatic heterocycles. The zero-order chi connectivity index (χ0) is 19.9. The van der Waals surface area contributed by atoms with E-state index in [0.29, 0.717) is 13.0 Å². The number of benzene rings is 1. The van der Waals surface area contributed by atoms with E-state index in [0.717, 1.165) is 5.69 Å². The summed E-state index contributed by atoms with van der Waals surface area (Å²) in [7, 11) is -1.89.